The third-order valence-corrected chi connectivity index (χ3v) is 6.44. The van der Waals surface area contributed by atoms with Gasteiger partial charge >= 0.3 is 5.97 Å². The van der Waals surface area contributed by atoms with Gasteiger partial charge < -0.3 is 19.7 Å². The van der Waals surface area contributed by atoms with Crippen molar-refractivity contribution in [3.8, 4) is 11.1 Å². The summed E-state index contributed by atoms with van der Waals surface area (Å²) in [6, 6.07) is 11.0. The highest BCUT2D eigenvalue weighted by Crippen LogP contribution is 2.48. The van der Waals surface area contributed by atoms with Crippen molar-refractivity contribution >= 4 is 11.7 Å². The molecule has 5 rings (SSSR count). The smallest absolute Gasteiger partial charge is 0.337 e. The van der Waals surface area contributed by atoms with E-state index < -0.39 is 0 Å². The van der Waals surface area contributed by atoms with E-state index in [0.717, 1.165) is 37.4 Å². The molecule has 0 radical (unpaired) electrons. The average molecular weight is 378 g/mol. The van der Waals surface area contributed by atoms with Crippen LogP contribution >= 0.6 is 0 Å². The van der Waals surface area contributed by atoms with Crippen LogP contribution in [-0.4, -0.2) is 45.4 Å². The summed E-state index contributed by atoms with van der Waals surface area (Å²) in [5.41, 5.74) is 8.19. The number of hydrogen-bond acceptors (Lipinski definition) is 5. The number of fused-ring (bicyclic) bond motifs is 3. The Hall–Kier alpha value is -2.37. The number of piperidine rings is 1. The van der Waals surface area contributed by atoms with Crippen LogP contribution in [0.5, 0.6) is 0 Å². The number of nitrogens with zero attached hydrogens (tertiary/aromatic N) is 1. The molecule has 0 aliphatic carbocycles. The minimum Gasteiger partial charge on any atom is -0.465 e. The zero-order valence-corrected chi connectivity index (χ0v) is 16.5. The van der Waals surface area contributed by atoms with Crippen molar-refractivity contribution in [1.29, 1.82) is 0 Å². The van der Waals surface area contributed by atoms with Gasteiger partial charge in [-0.05, 0) is 66.4 Å². The maximum absolute atomic E-state index is 11.9. The molecule has 1 fully saturated rings. The largest absolute Gasteiger partial charge is 0.465 e. The number of carbonyl (C=O) groups excluding carboxylic acids is 1. The summed E-state index contributed by atoms with van der Waals surface area (Å²) in [6.07, 6.45) is 1.18. The second kappa shape index (κ2) is 6.90. The molecule has 28 heavy (non-hydrogen) atoms. The molecule has 146 valence electrons. The Balaban J connectivity index is 1.62. The summed E-state index contributed by atoms with van der Waals surface area (Å²) in [6.45, 7) is 6.61. The maximum Gasteiger partial charge on any atom is 0.337 e. The summed E-state index contributed by atoms with van der Waals surface area (Å²) in [7, 11) is 1.42. The van der Waals surface area contributed by atoms with Gasteiger partial charge in [-0.2, -0.15) is 0 Å². The molecule has 1 N–H and O–H groups in total. The lowest BCUT2D eigenvalue weighted by Gasteiger charge is -2.33. The summed E-state index contributed by atoms with van der Waals surface area (Å²) in [5.74, 6) is 0.241. The highest BCUT2D eigenvalue weighted by atomic mass is 16.5. The van der Waals surface area contributed by atoms with Crippen LogP contribution in [-0.2, 0) is 16.1 Å². The maximum atomic E-state index is 11.9. The van der Waals surface area contributed by atoms with Crippen LogP contribution in [0.3, 0.4) is 0 Å². The molecule has 5 nitrogen and oxygen atoms in total. The van der Waals surface area contributed by atoms with Crippen molar-refractivity contribution in [2.24, 2.45) is 0 Å². The molecule has 3 aliphatic rings. The monoisotopic (exact) mass is 378 g/mol. The Morgan fingerprint density at radius 3 is 3.00 bits per heavy atom. The minimum atomic E-state index is -0.296. The number of hydrogen-bond donors (Lipinski definition) is 1. The molecule has 0 bridgehead atoms. The molecular formula is C23H26N2O3. The molecule has 0 saturated carbocycles. The van der Waals surface area contributed by atoms with Crippen molar-refractivity contribution < 1.29 is 14.3 Å². The molecule has 1 saturated heterocycles. The van der Waals surface area contributed by atoms with E-state index in [9.17, 15) is 4.79 Å². The molecule has 3 aliphatic heterocycles. The van der Waals surface area contributed by atoms with E-state index in [4.69, 9.17) is 9.47 Å². The van der Waals surface area contributed by atoms with E-state index in [1.165, 1.54) is 35.9 Å². The zero-order valence-electron chi connectivity index (χ0n) is 16.5. The van der Waals surface area contributed by atoms with Gasteiger partial charge in [0, 0.05) is 36.3 Å². The number of methoxy groups -OCH3 is 1. The third-order valence-electron chi connectivity index (χ3n) is 6.44. The van der Waals surface area contributed by atoms with Crippen LogP contribution in [0.4, 0.5) is 5.69 Å². The summed E-state index contributed by atoms with van der Waals surface area (Å²) in [4.78, 5) is 14.5. The fraction of sp³-hybridized carbons (Fsp3) is 0.435. The van der Waals surface area contributed by atoms with Gasteiger partial charge in [0.05, 0.1) is 25.9 Å². The highest BCUT2D eigenvalue weighted by molar-refractivity contribution is 5.90. The van der Waals surface area contributed by atoms with Crippen molar-refractivity contribution in [2.75, 3.05) is 38.3 Å². The Labute approximate surface area is 165 Å². The first-order valence-corrected chi connectivity index (χ1v) is 10.1. The first kappa shape index (κ1) is 17.7. The van der Waals surface area contributed by atoms with Crippen LogP contribution < -0.4 is 10.2 Å². The van der Waals surface area contributed by atoms with E-state index in [-0.39, 0.29) is 5.97 Å². The van der Waals surface area contributed by atoms with Crippen LogP contribution in [0, 0.1) is 6.92 Å². The minimum absolute atomic E-state index is 0.296. The van der Waals surface area contributed by atoms with Gasteiger partial charge in [0.15, 0.2) is 0 Å². The Morgan fingerprint density at radius 1 is 1.29 bits per heavy atom. The standard InChI is InChI=1S/C23H26N2O3/c1-14-9-15(23(26)27-2)3-4-18(14)16-10-17-13-28-8-7-25-21-5-6-24-12-20(21)19(11-16)22(17)25/h3-4,9-11,20-21,24H,5-8,12-13H2,1-2H3. The van der Waals surface area contributed by atoms with Gasteiger partial charge in [-0.1, -0.05) is 6.07 Å². The van der Waals surface area contributed by atoms with Gasteiger partial charge in [0.2, 0.25) is 0 Å². The van der Waals surface area contributed by atoms with Crippen molar-refractivity contribution in [3.63, 3.8) is 0 Å². The van der Waals surface area contributed by atoms with Gasteiger partial charge in [-0.25, -0.2) is 4.79 Å². The van der Waals surface area contributed by atoms with Crippen LogP contribution in [0.25, 0.3) is 11.1 Å². The van der Waals surface area contributed by atoms with E-state index in [0.29, 0.717) is 24.1 Å². The number of aryl methyl sites for hydroxylation is 1. The van der Waals surface area contributed by atoms with Crippen LogP contribution in [0.2, 0.25) is 0 Å². The topological polar surface area (TPSA) is 50.8 Å². The second-order valence-corrected chi connectivity index (χ2v) is 8.01. The van der Waals surface area contributed by atoms with Crippen molar-refractivity contribution in [3.05, 3.63) is 52.6 Å². The molecular weight excluding hydrogens is 352 g/mol. The molecule has 2 aromatic carbocycles. The Bertz CT molecular complexity index is 940. The van der Waals surface area contributed by atoms with Crippen molar-refractivity contribution in [2.45, 2.75) is 31.9 Å². The van der Waals surface area contributed by atoms with Gasteiger partial charge in [0.25, 0.3) is 0 Å². The molecule has 5 heteroatoms. The van der Waals surface area contributed by atoms with E-state index >= 15 is 0 Å². The van der Waals surface area contributed by atoms with Gasteiger partial charge in [0.1, 0.15) is 0 Å². The van der Waals surface area contributed by atoms with E-state index in [1.807, 2.05) is 18.2 Å². The number of ether oxygens (including phenoxy) is 2. The third kappa shape index (κ3) is 2.73. The predicted molar refractivity (Wildman–Crippen MR) is 109 cm³/mol. The summed E-state index contributed by atoms with van der Waals surface area (Å²) < 4.78 is 10.8. The molecule has 2 aromatic rings. The Morgan fingerprint density at radius 2 is 2.18 bits per heavy atom. The normalized spacial score (nSPS) is 23.0. The predicted octanol–water partition coefficient (Wildman–Crippen LogP) is 3.24. The number of rotatable bonds is 2. The molecule has 0 spiro atoms. The average Bonchev–Trinajstić information content (AvgIpc) is 2.88. The van der Waals surface area contributed by atoms with Crippen molar-refractivity contribution in [1.82, 2.24) is 5.32 Å². The Kier molecular flexibility index (Phi) is 4.37. The van der Waals surface area contributed by atoms with E-state index in [1.54, 1.807) is 0 Å². The van der Waals surface area contributed by atoms with Crippen LogP contribution in [0.1, 0.15) is 39.4 Å². The summed E-state index contributed by atoms with van der Waals surface area (Å²) >= 11 is 0. The molecule has 0 amide bonds. The summed E-state index contributed by atoms with van der Waals surface area (Å²) in [5, 5.41) is 3.58. The highest BCUT2D eigenvalue weighted by Gasteiger charge is 2.41. The molecule has 2 atom stereocenters. The molecule has 2 unspecified atom stereocenters. The van der Waals surface area contributed by atoms with Crippen LogP contribution in [0.15, 0.2) is 30.3 Å². The van der Waals surface area contributed by atoms with E-state index in [2.05, 4.69) is 29.3 Å². The quantitative estimate of drug-likeness (QED) is 0.813. The number of benzene rings is 2. The lowest BCUT2D eigenvalue weighted by molar-refractivity contribution is 0.0600. The zero-order chi connectivity index (χ0) is 19.3. The number of nitrogens with one attached hydrogen (secondary N) is 1. The second-order valence-electron chi connectivity index (χ2n) is 8.01. The fourth-order valence-corrected chi connectivity index (χ4v) is 5.17. The molecule has 0 aromatic heterocycles. The first-order chi connectivity index (χ1) is 13.7. The fourth-order valence-electron chi connectivity index (χ4n) is 5.17. The number of carbonyl (C=O) groups is 1. The molecule has 3 heterocycles. The van der Waals surface area contributed by atoms with Gasteiger partial charge in [-0.15, -0.1) is 0 Å². The first-order valence-electron chi connectivity index (χ1n) is 10.1. The lowest BCUT2D eigenvalue weighted by atomic mass is 9.87. The number of esters is 1. The number of anilines is 1. The van der Waals surface area contributed by atoms with Gasteiger partial charge in [-0.3, -0.25) is 0 Å². The SMILES string of the molecule is COC(=O)c1ccc(-c2cc3c4c(c2)C2CNCCC2N4CCOC3)c(C)c1. The lowest BCUT2D eigenvalue weighted by Crippen LogP contribution is -2.44.